The molecule has 0 spiro atoms. The van der Waals surface area contributed by atoms with Crippen LogP contribution in [0.15, 0.2) is 0 Å². The Hall–Kier alpha value is -1.34. The molecular formula is C13H22N4O2S. The molecule has 1 saturated heterocycles. The van der Waals surface area contributed by atoms with E-state index in [2.05, 4.69) is 24.1 Å². The van der Waals surface area contributed by atoms with Crippen molar-refractivity contribution >= 4 is 28.2 Å². The molecule has 1 aliphatic rings. The van der Waals surface area contributed by atoms with E-state index in [0.717, 1.165) is 19.4 Å². The Labute approximate surface area is 123 Å². The average Bonchev–Trinajstić information content (AvgIpc) is 2.91. The summed E-state index contributed by atoms with van der Waals surface area (Å²) in [5, 5.41) is 3.77. The fraction of sp³-hybridized carbons (Fsp3) is 0.692. The van der Waals surface area contributed by atoms with Crippen molar-refractivity contribution in [3.05, 3.63) is 4.88 Å². The zero-order valence-corrected chi connectivity index (χ0v) is 13.0. The number of carbonyl (C=O) groups is 1. The summed E-state index contributed by atoms with van der Waals surface area (Å²) in [6.07, 6.45) is 2.06. The highest BCUT2D eigenvalue weighted by molar-refractivity contribution is 7.18. The standard InChI is InChI=1S/C13H22N4O2S/c1-13(2)5-4-7-17(13)11(18)9-10(14)16-12(20-9)15-6-8-19-3/h4-8,14H2,1-3H3,(H,15,16). The molecule has 2 rings (SSSR count). The molecule has 1 fully saturated rings. The van der Waals surface area contributed by atoms with E-state index in [4.69, 9.17) is 10.5 Å². The van der Waals surface area contributed by atoms with Gasteiger partial charge in [0.05, 0.1) is 6.61 Å². The Morgan fingerprint density at radius 3 is 2.95 bits per heavy atom. The molecule has 112 valence electrons. The van der Waals surface area contributed by atoms with Crippen molar-refractivity contribution < 1.29 is 9.53 Å². The number of nitrogens with one attached hydrogen (secondary N) is 1. The van der Waals surface area contributed by atoms with Crippen molar-refractivity contribution in [2.45, 2.75) is 32.2 Å². The smallest absolute Gasteiger partial charge is 0.268 e. The van der Waals surface area contributed by atoms with Crippen LogP contribution in [0, 0.1) is 0 Å². The van der Waals surface area contributed by atoms with E-state index in [1.165, 1.54) is 11.3 Å². The minimum atomic E-state index is -0.100. The van der Waals surface area contributed by atoms with Crippen LogP contribution in [-0.4, -0.2) is 48.1 Å². The van der Waals surface area contributed by atoms with Gasteiger partial charge in [-0.15, -0.1) is 0 Å². The first-order valence-electron chi connectivity index (χ1n) is 6.77. The van der Waals surface area contributed by atoms with Crippen LogP contribution in [-0.2, 0) is 4.74 Å². The summed E-state index contributed by atoms with van der Waals surface area (Å²) in [7, 11) is 1.64. The maximum Gasteiger partial charge on any atom is 0.268 e. The van der Waals surface area contributed by atoms with Gasteiger partial charge in [0.2, 0.25) is 0 Å². The van der Waals surface area contributed by atoms with Crippen molar-refractivity contribution in [2.24, 2.45) is 0 Å². The number of ether oxygens (including phenoxy) is 1. The van der Waals surface area contributed by atoms with Gasteiger partial charge in [-0.2, -0.15) is 0 Å². The molecule has 1 aliphatic heterocycles. The Balaban J connectivity index is 2.10. The molecule has 0 bridgehead atoms. The molecule has 20 heavy (non-hydrogen) atoms. The van der Waals surface area contributed by atoms with Gasteiger partial charge < -0.3 is 20.7 Å². The van der Waals surface area contributed by atoms with Crippen LogP contribution in [0.1, 0.15) is 36.4 Å². The predicted molar refractivity (Wildman–Crippen MR) is 81.2 cm³/mol. The molecule has 0 atom stereocenters. The second kappa shape index (κ2) is 5.97. The number of thiazole rings is 1. The highest BCUT2D eigenvalue weighted by atomic mass is 32.1. The van der Waals surface area contributed by atoms with Crippen molar-refractivity contribution in [3.8, 4) is 0 Å². The lowest BCUT2D eigenvalue weighted by atomic mass is 10.0. The molecule has 6 nitrogen and oxygen atoms in total. The quantitative estimate of drug-likeness (QED) is 0.810. The molecule has 1 aromatic rings. The second-order valence-electron chi connectivity index (χ2n) is 5.53. The largest absolute Gasteiger partial charge is 0.383 e. The topological polar surface area (TPSA) is 80.5 Å². The van der Waals surface area contributed by atoms with Crippen molar-refractivity contribution in [1.29, 1.82) is 0 Å². The van der Waals surface area contributed by atoms with Crippen LogP contribution in [0.5, 0.6) is 0 Å². The van der Waals surface area contributed by atoms with E-state index in [1.54, 1.807) is 7.11 Å². The number of nitrogen functional groups attached to an aromatic ring is 1. The lowest BCUT2D eigenvalue weighted by Crippen LogP contribution is -2.42. The molecule has 1 amide bonds. The van der Waals surface area contributed by atoms with Gasteiger partial charge in [0.15, 0.2) is 5.13 Å². The summed E-state index contributed by atoms with van der Waals surface area (Å²) in [5.41, 5.74) is 5.78. The summed E-state index contributed by atoms with van der Waals surface area (Å²) in [4.78, 5) is 19.2. The van der Waals surface area contributed by atoms with E-state index in [0.29, 0.717) is 29.0 Å². The first-order chi connectivity index (χ1) is 9.45. The summed E-state index contributed by atoms with van der Waals surface area (Å²) in [6.45, 7) is 6.20. The van der Waals surface area contributed by atoms with Crippen LogP contribution in [0.4, 0.5) is 10.9 Å². The minimum Gasteiger partial charge on any atom is -0.383 e. The van der Waals surface area contributed by atoms with Crippen molar-refractivity contribution in [2.75, 3.05) is 37.9 Å². The number of hydrogen-bond donors (Lipinski definition) is 2. The Bertz CT molecular complexity index is 487. The number of nitrogens with two attached hydrogens (primary N) is 1. The SMILES string of the molecule is COCCNc1nc(N)c(C(=O)N2CCCC2(C)C)s1. The third kappa shape index (κ3) is 3.04. The number of hydrogen-bond acceptors (Lipinski definition) is 6. The van der Waals surface area contributed by atoms with Crippen LogP contribution in [0.3, 0.4) is 0 Å². The molecule has 7 heteroatoms. The number of rotatable bonds is 5. The van der Waals surface area contributed by atoms with E-state index < -0.39 is 0 Å². The Morgan fingerprint density at radius 2 is 2.35 bits per heavy atom. The van der Waals surface area contributed by atoms with Crippen LogP contribution in [0.2, 0.25) is 0 Å². The zero-order valence-electron chi connectivity index (χ0n) is 12.2. The van der Waals surface area contributed by atoms with Crippen LogP contribution >= 0.6 is 11.3 Å². The molecule has 2 heterocycles. The molecule has 3 N–H and O–H groups in total. The molecular weight excluding hydrogens is 276 g/mol. The van der Waals surface area contributed by atoms with Crippen LogP contribution < -0.4 is 11.1 Å². The molecule has 0 aliphatic carbocycles. The van der Waals surface area contributed by atoms with Crippen molar-refractivity contribution in [3.63, 3.8) is 0 Å². The molecule has 0 aromatic carbocycles. The normalized spacial score (nSPS) is 17.4. The number of anilines is 2. The van der Waals surface area contributed by atoms with Gasteiger partial charge in [-0.1, -0.05) is 11.3 Å². The van der Waals surface area contributed by atoms with Gasteiger partial charge in [-0.3, -0.25) is 4.79 Å². The number of carbonyl (C=O) groups excluding carboxylic acids is 1. The summed E-state index contributed by atoms with van der Waals surface area (Å²) in [5.74, 6) is 0.296. The van der Waals surface area contributed by atoms with Gasteiger partial charge in [0, 0.05) is 25.7 Å². The number of aromatic nitrogens is 1. The second-order valence-corrected chi connectivity index (χ2v) is 6.52. The van der Waals surface area contributed by atoms with Gasteiger partial charge in [0.25, 0.3) is 5.91 Å². The Kier molecular flexibility index (Phi) is 4.49. The third-order valence-electron chi connectivity index (χ3n) is 3.58. The van der Waals surface area contributed by atoms with Crippen molar-refractivity contribution in [1.82, 2.24) is 9.88 Å². The van der Waals surface area contributed by atoms with E-state index >= 15 is 0 Å². The fourth-order valence-electron chi connectivity index (χ4n) is 2.43. The van der Waals surface area contributed by atoms with Gasteiger partial charge in [0.1, 0.15) is 10.7 Å². The number of likely N-dealkylation sites (tertiary alicyclic amines) is 1. The van der Waals surface area contributed by atoms with Crippen LogP contribution in [0.25, 0.3) is 0 Å². The zero-order chi connectivity index (χ0) is 14.8. The van der Waals surface area contributed by atoms with E-state index in [1.807, 2.05) is 4.90 Å². The summed E-state index contributed by atoms with van der Waals surface area (Å²) >= 11 is 1.31. The Morgan fingerprint density at radius 1 is 1.60 bits per heavy atom. The number of amides is 1. The van der Waals surface area contributed by atoms with Gasteiger partial charge >= 0.3 is 0 Å². The third-order valence-corrected chi connectivity index (χ3v) is 4.59. The average molecular weight is 298 g/mol. The maximum atomic E-state index is 12.6. The molecule has 0 saturated carbocycles. The van der Waals surface area contributed by atoms with Gasteiger partial charge in [-0.25, -0.2) is 4.98 Å². The highest BCUT2D eigenvalue weighted by Gasteiger charge is 2.37. The number of methoxy groups -OCH3 is 1. The minimum absolute atomic E-state index is 0.0118. The van der Waals surface area contributed by atoms with E-state index in [-0.39, 0.29) is 11.4 Å². The highest BCUT2D eigenvalue weighted by Crippen LogP contribution is 2.33. The van der Waals surface area contributed by atoms with E-state index in [9.17, 15) is 4.79 Å². The lowest BCUT2D eigenvalue weighted by Gasteiger charge is -2.31. The summed E-state index contributed by atoms with van der Waals surface area (Å²) < 4.78 is 4.96. The molecule has 0 radical (unpaired) electrons. The summed E-state index contributed by atoms with van der Waals surface area (Å²) in [6, 6.07) is 0. The maximum absolute atomic E-state index is 12.6. The first kappa shape index (κ1) is 15.1. The van der Waals surface area contributed by atoms with Gasteiger partial charge in [-0.05, 0) is 26.7 Å². The first-order valence-corrected chi connectivity index (χ1v) is 7.58. The lowest BCUT2D eigenvalue weighted by molar-refractivity contribution is 0.0658. The fourth-order valence-corrected chi connectivity index (χ4v) is 3.29. The molecule has 0 unspecified atom stereocenters. The monoisotopic (exact) mass is 298 g/mol. The predicted octanol–water partition coefficient (Wildman–Crippen LogP) is 1.80. The number of nitrogens with zero attached hydrogens (tertiary/aromatic N) is 2. The molecule has 1 aromatic heterocycles.